The standard InChI is InChI=1S/C12H17NO2/c1-5-10(14)13-11(12(2,3)4)9-7-6-8-15-9/h5-8,11H,1H2,2-4H3,(H,13,14). The molecule has 0 radical (unpaired) electrons. The molecule has 0 fully saturated rings. The molecule has 3 nitrogen and oxygen atoms in total. The molecule has 15 heavy (non-hydrogen) atoms. The Morgan fingerprint density at radius 2 is 2.27 bits per heavy atom. The van der Waals surface area contributed by atoms with Crippen molar-refractivity contribution >= 4 is 5.91 Å². The molecule has 1 unspecified atom stereocenters. The molecule has 1 atom stereocenters. The predicted molar refractivity (Wildman–Crippen MR) is 59.2 cm³/mol. The van der Waals surface area contributed by atoms with Crippen LogP contribution in [0.15, 0.2) is 35.5 Å². The highest BCUT2D eigenvalue weighted by atomic mass is 16.3. The minimum atomic E-state index is -0.189. The molecule has 0 aromatic carbocycles. The molecule has 0 aliphatic rings. The van der Waals surface area contributed by atoms with E-state index in [2.05, 4.69) is 11.9 Å². The van der Waals surface area contributed by atoms with E-state index < -0.39 is 0 Å². The van der Waals surface area contributed by atoms with Crippen molar-refractivity contribution in [2.24, 2.45) is 5.41 Å². The van der Waals surface area contributed by atoms with Gasteiger partial charge in [0, 0.05) is 0 Å². The van der Waals surface area contributed by atoms with E-state index >= 15 is 0 Å². The van der Waals surface area contributed by atoms with Gasteiger partial charge in [-0.2, -0.15) is 0 Å². The van der Waals surface area contributed by atoms with E-state index in [0.29, 0.717) is 0 Å². The molecule has 1 rings (SSSR count). The second kappa shape index (κ2) is 4.34. The monoisotopic (exact) mass is 207 g/mol. The van der Waals surface area contributed by atoms with Gasteiger partial charge >= 0.3 is 0 Å². The van der Waals surface area contributed by atoms with E-state index in [4.69, 9.17) is 4.42 Å². The van der Waals surface area contributed by atoms with E-state index in [-0.39, 0.29) is 17.4 Å². The Labute approximate surface area is 90.2 Å². The molecule has 3 heteroatoms. The van der Waals surface area contributed by atoms with Crippen LogP contribution in [-0.2, 0) is 4.79 Å². The summed E-state index contributed by atoms with van der Waals surface area (Å²) in [6.07, 6.45) is 2.87. The van der Waals surface area contributed by atoms with Crippen molar-refractivity contribution in [1.29, 1.82) is 0 Å². The van der Waals surface area contributed by atoms with E-state index in [1.807, 2.05) is 32.9 Å². The average Bonchev–Trinajstić information content (AvgIpc) is 2.64. The van der Waals surface area contributed by atoms with Crippen LogP contribution in [0.2, 0.25) is 0 Å². The Morgan fingerprint density at radius 3 is 2.67 bits per heavy atom. The smallest absolute Gasteiger partial charge is 0.243 e. The minimum absolute atomic E-state index is 0.101. The molecule has 0 aliphatic heterocycles. The summed E-state index contributed by atoms with van der Waals surface area (Å²) in [5, 5.41) is 2.86. The lowest BCUT2D eigenvalue weighted by Crippen LogP contribution is -2.35. The molecule has 1 aromatic rings. The summed E-state index contributed by atoms with van der Waals surface area (Å²) in [5.41, 5.74) is -0.101. The largest absolute Gasteiger partial charge is 0.467 e. The number of amides is 1. The Morgan fingerprint density at radius 1 is 1.60 bits per heavy atom. The van der Waals surface area contributed by atoms with E-state index in [1.165, 1.54) is 6.08 Å². The SMILES string of the molecule is C=CC(=O)NC(c1ccco1)C(C)(C)C. The summed E-state index contributed by atoms with van der Waals surface area (Å²) in [4.78, 5) is 11.3. The quantitative estimate of drug-likeness (QED) is 0.774. The lowest BCUT2D eigenvalue weighted by atomic mass is 9.85. The van der Waals surface area contributed by atoms with Crippen LogP contribution >= 0.6 is 0 Å². The molecular weight excluding hydrogens is 190 g/mol. The van der Waals surface area contributed by atoms with Gasteiger partial charge in [0.25, 0.3) is 0 Å². The Balaban J connectivity index is 2.89. The molecule has 1 amide bonds. The zero-order valence-corrected chi connectivity index (χ0v) is 9.41. The molecule has 0 saturated carbocycles. The van der Waals surface area contributed by atoms with Crippen LogP contribution in [0.1, 0.15) is 32.6 Å². The fraction of sp³-hybridized carbons (Fsp3) is 0.417. The van der Waals surface area contributed by atoms with Crippen molar-refractivity contribution in [3.63, 3.8) is 0 Å². The first-order valence-corrected chi connectivity index (χ1v) is 4.91. The van der Waals surface area contributed by atoms with Gasteiger partial charge in [0.05, 0.1) is 12.3 Å². The van der Waals surface area contributed by atoms with Crippen LogP contribution in [0.5, 0.6) is 0 Å². The first-order valence-electron chi connectivity index (χ1n) is 4.91. The predicted octanol–water partition coefficient (Wildman–Crippen LogP) is 2.67. The van der Waals surface area contributed by atoms with Gasteiger partial charge in [-0.3, -0.25) is 4.79 Å². The molecule has 0 saturated heterocycles. The van der Waals surface area contributed by atoms with Crippen molar-refractivity contribution < 1.29 is 9.21 Å². The average molecular weight is 207 g/mol. The van der Waals surface area contributed by atoms with Gasteiger partial charge < -0.3 is 9.73 Å². The van der Waals surface area contributed by atoms with Gasteiger partial charge in [-0.25, -0.2) is 0 Å². The summed E-state index contributed by atoms with van der Waals surface area (Å²) < 4.78 is 5.32. The fourth-order valence-corrected chi connectivity index (χ4v) is 1.37. The van der Waals surface area contributed by atoms with Gasteiger partial charge in [0.15, 0.2) is 0 Å². The summed E-state index contributed by atoms with van der Waals surface area (Å²) in [6, 6.07) is 3.53. The van der Waals surface area contributed by atoms with Gasteiger partial charge in [-0.1, -0.05) is 27.4 Å². The molecule has 82 valence electrons. The Hall–Kier alpha value is -1.51. The van der Waals surface area contributed by atoms with E-state index in [1.54, 1.807) is 6.26 Å². The second-order valence-corrected chi connectivity index (χ2v) is 4.53. The first kappa shape index (κ1) is 11.6. The van der Waals surface area contributed by atoms with Crippen LogP contribution in [0.3, 0.4) is 0 Å². The molecule has 0 bridgehead atoms. The fourth-order valence-electron chi connectivity index (χ4n) is 1.37. The number of hydrogen-bond acceptors (Lipinski definition) is 2. The van der Waals surface area contributed by atoms with E-state index in [0.717, 1.165) is 5.76 Å². The topological polar surface area (TPSA) is 42.2 Å². The number of nitrogens with one attached hydrogen (secondary N) is 1. The third-order valence-corrected chi connectivity index (χ3v) is 2.17. The van der Waals surface area contributed by atoms with Crippen molar-refractivity contribution in [1.82, 2.24) is 5.32 Å². The van der Waals surface area contributed by atoms with Gasteiger partial charge in [0.2, 0.25) is 5.91 Å². The van der Waals surface area contributed by atoms with Crippen molar-refractivity contribution in [3.8, 4) is 0 Å². The number of furan rings is 1. The zero-order chi connectivity index (χ0) is 11.5. The highest BCUT2D eigenvalue weighted by Crippen LogP contribution is 2.32. The molecule has 1 N–H and O–H groups in total. The third kappa shape index (κ3) is 2.98. The third-order valence-electron chi connectivity index (χ3n) is 2.17. The lowest BCUT2D eigenvalue weighted by Gasteiger charge is -2.29. The van der Waals surface area contributed by atoms with Crippen LogP contribution in [0.25, 0.3) is 0 Å². The molecular formula is C12H17NO2. The van der Waals surface area contributed by atoms with Crippen LogP contribution < -0.4 is 5.32 Å². The van der Waals surface area contributed by atoms with Crippen molar-refractivity contribution in [3.05, 3.63) is 36.8 Å². The summed E-state index contributed by atoms with van der Waals surface area (Å²) in [6.45, 7) is 9.57. The molecule has 1 aromatic heterocycles. The van der Waals surface area contributed by atoms with Crippen LogP contribution in [0.4, 0.5) is 0 Å². The highest BCUT2D eigenvalue weighted by molar-refractivity contribution is 5.87. The molecule has 0 spiro atoms. The Bertz CT molecular complexity index is 333. The number of rotatable bonds is 3. The van der Waals surface area contributed by atoms with Crippen LogP contribution in [-0.4, -0.2) is 5.91 Å². The molecule has 1 heterocycles. The summed E-state index contributed by atoms with van der Waals surface area (Å²) in [5.74, 6) is 0.573. The van der Waals surface area contributed by atoms with Crippen molar-refractivity contribution in [2.45, 2.75) is 26.8 Å². The Kier molecular flexibility index (Phi) is 3.35. The van der Waals surface area contributed by atoms with Gasteiger partial charge in [0.1, 0.15) is 5.76 Å². The lowest BCUT2D eigenvalue weighted by molar-refractivity contribution is -0.118. The summed E-state index contributed by atoms with van der Waals surface area (Å²) >= 11 is 0. The normalized spacial score (nSPS) is 13.3. The second-order valence-electron chi connectivity index (χ2n) is 4.53. The maximum Gasteiger partial charge on any atom is 0.243 e. The van der Waals surface area contributed by atoms with E-state index in [9.17, 15) is 4.79 Å². The summed E-state index contributed by atoms with van der Waals surface area (Å²) in [7, 11) is 0. The zero-order valence-electron chi connectivity index (χ0n) is 9.41. The number of carbonyl (C=O) groups excluding carboxylic acids is 1. The van der Waals surface area contributed by atoms with Gasteiger partial charge in [-0.15, -0.1) is 0 Å². The van der Waals surface area contributed by atoms with Crippen LogP contribution in [0, 0.1) is 5.41 Å². The van der Waals surface area contributed by atoms with Crippen molar-refractivity contribution in [2.75, 3.05) is 0 Å². The highest BCUT2D eigenvalue weighted by Gasteiger charge is 2.29. The minimum Gasteiger partial charge on any atom is -0.467 e. The first-order chi connectivity index (χ1) is 6.95. The number of carbonyl (C=O) groups is 1. The number of hydrogen-bond donors (Lipinski definition) is 1. The maximum atomic E-state index is 11.3. The molecule has 0 aliphatic carbocycles. The van der Waals surface area contributed by atoms with Gasteiger partial charge in [-0.05, 0) is 23.6 Å². The maximum absolute atomic E-state index is 11.3.